The van der Waals surface area contributed by atoms with Gasteiger partial charge in [-0.15, -0.1) is 0 Å². The number of aromatic nitrogens is 2. The molecule has 1 aromatic heterocycles. The van der Waals surface area contributed by atoms with Crippen LogP contribution < -0.4 is 15.5 Å². The molecule has 0 spiro atoms. The Morgan fingerprint density at radius 1 is 1.40 bits per heavy atom. The number of amides is 1. The predicted molar refractivity (Wildman–Crippen MR) is 68.5 cm³/mol. The molecule has 0 fully saturated rings. The summed E-state index contributed by atoms with van der Waals surface area (Å²) in [5, 5.41) is 5.02. The fourth-order valence-electron chi connectivity index (χ4n) is 1.44. The zero-order valence-corrected chi connectivity index (χ0v) is 11.4. The summed E-state index contributed by atoms with van der Waals surface area (Å²) in [6.45, 7) is 2.11. The van der Waals surface area contributed by atoms with E-state index in [1.807, 2.05) is 0 Å². The van der Waals surface area contributed by atoms with Crippen molar-refractivity contribution in [2.45, 2.75) is 13.1 Å². The number of nitrogens with one attached hydrogen (secondary N) is 2. The average molecular weight is 291 g/mol. The van der Waals surface area contributed by atoms with E-state index in [0.29, 0.717) is 6.54 Å². The maximum atomic E-state index is 12.7. The summed E-state index contributed by atoms with van der Waals surface area (Å²) in [6, 6.07) is 0.806. The highest BCUT2D eigenvalue weighted by atomic mass is 19.4. The Hall–Kier alpha value is -2.06. The lowest BCUT2D eigenvalue weighted by Crippen LogP contribution is -2.35. The molecule has 9 heteroatoms. The predicted octanol–water partition coefficient (Wildman–Crippen LogP) is 1.11. The molecule has 0 atom stereocenters. The highest BCUT2D eigenvalue weighted by molar-refractivity contribution is 5.80. The van der Waals surface area contributed by atoms with E-state index >= 15 is 0 Å². The maximum absolute atomic E-state index is 12.7. The molecule has 0 aliphatic rings. The van der Waals surface area contributed by atoms with E-state index in [0.717, 1.165) is 6.07 Å². The van der Waals surface area contributed by atoms with E-state index in [4.69, 9.17) is 0 Å². The third-order valence-electron chi connectivity index (χ3n) is 2.37. The zero-order chi connectivity index (χ0) is 15.3. The fraction of sp³-hybridized carbons (Fsp3) is 0.545. The van der Waals surface area contributed by atoms with Crippen LogP contribution in [-0.2, 0) is 11.0 Å². The lowest BCUT2D eigenvalue weighted by Gasteiger charge is -2.19. The molecule has 0 aliphatic heterocycles. The third-order valence-corrected chi connectivity index (χ3v) is 2.37. The van der Waals surface area contributed by atoms with Gasteiger partial charge in [-0.25, -0.2) is 4.98 Å². The number of hydrogen-bond acceptors (Lipinski definition) is 5. The molecule has 1 heterocycles. The monoisotopic (exact) mass is 291 g/mol. The first-order valence-corrected chi connectivity index (χ1v) is 5.89. The van der Waals surface area contributed by atoms with E-state index in [2.05, 4.69) is 20.6 Å². The summed E-state index contributed by atoms with van der Waals surface area (Å²) in [7, 11) is 2.90. The summed E-state index contributed by atoms with van der Waals surface area (Å²) in [4.78, 5) is 20.0. The summed E-state index contributed by atoms with van der Waals surface area (Å²) >= 11 is 0. The number of alkyl halides is 3. The van der Waals surface area contributed by atoms with Crippen LogP contribution in [0.25, 0.3) is 0 Å². The van der Waals surface area contributed by atoms with Crippen molar-refractivity contribution >= 4 is 17.7 Å². The van der Waals surface area contributed by atoms with E-state index in [1.54, 1.807) is 6.92 Å². The molecule has 0 unspecified atom stereocenters. The molecule has 1 amide bonds. The van der Waals surface area contributed by atoms with Gasteiger partial charge in [0.2, 0.25) is 11.9 Å². The molecule has 0 saturated heterocycles. The van der Waals surface area contributed by atoms with Gasteiger partial charge < -0.3 is 15.5 Å². The minimum atomic E-state index is -4.57. The molecule has 0 bridgehead atoms. The normalized spacial score (nSPS) is 11.1. The third kappa shape index (κ3) is 4.25. The molecule has 112 valence electrons. The summed E-state index contributed by atoms with van der Waals surface area (Å²) in [5.74, 6) is -0.436. The highest BCUT2D eigenvalue weighted by Crippen LogP contribution is 2.30. The molecule has 0 aliphatic carbocycles. The van der Waals surface area contributed by atoms with Gasteiger partial charge in [0.15, 0.2) is 5.69 Å². The van der Waals surface area contributed by atoms with Crippen molar-refractivity contribution in [1.82, 2.24) is 15.3 Å². The number of likely N-dealkylation sites (N-methyl/N-ethyl adjacent to an activating group) is 2. The molecule has 0 saturated carbocycles. The quantitative estimate of drug-likeness (QED) is 0.850. The van der Waals surface area contributed by atoms with Gasteiger partial charge in [-0.2, -0.15) is 18.2 Å². The number of anilines is 2. The van der Waals surface area contributed by atoms with Crippen molar-refractivity contribution in [3.8, 4) is 0 Å². The minimum absolute atomic E-state index is 0.0166. The van der Waals surface area contributed by atoms with Crippen LogP contribution in [0.4, 0.5) is 24.9 Å². The van der Waals surface area contributed by atoms with Crippen LogP contribution >= 0.6 is 0 Å². The standard InChI is InChI=1S/C11H16F3N5O/c1-4-16-9(20)6-19(3)8-5-7(11(12,13)14)17-10(15-2)18-8/h5H,4,6H2,1-3H3,(H,16,20)(H,15,17,18). The second-order valence-electron chi connectivity index (χ2n) is 3.99. The van der Waals surface area contributed by atoms with Crippen molar-refractivity contribution in [2.24, 2.45) is 0 Å². The molecule has 6 nitrogen and oxygen atoms in total. The van der Waals surface area contributed by atoms with Crippen LogP contribution in [0.5, 0.6) is 0 Å². The number of hydrogen-bond donors (Lipinski definition) is 2. The number of rotatable bonds is 5. The molecule has 20 heavy (non-hydrogen) atoms. The average Bonchev–Trinajstić information content (AvgIpc) is 2.37. The van der Waals surface area contributed by atoms with E-state index in [1.165, 1.54) is 19.0 Å². The van der Waals surface area contributed by atoms with Gasteiger partial charge in [0.25, 0.3) is 0 Å². The van der Waals surface area contributed by atoms with E-state index in [-0.39, 0.29) is 24.2 Å². The van der Waals surface area contributed by atoms with Crippen molar-refractivity contribution in [3.05, 3.63) is 11.8 Å². The van der Waals surface area contributed by atoms with Gasteiger partial charge in [0.05, 0.1) is 6.54 Å². The Bertz CT molecular complexity index is 478. The van der Waals surface area contributed by atoms with Crippen LogP contribution in [0.2, 0.25) is 0 Å². The number of nitrogens with zero attached hydrogens (tertiary/aromatic N) is 3. The lowest BCUT2D eigenvalue weighted by molar-refractivity contribution is -0.141. The molecule has 0 radical (unpaired) electrons. The van der Waals surface area contributed by atoms with Crippen LogP contribution in [0.15, 0.2) is 6.07 Å². The first-order valence-electron chi connectivity index (χ1n) is 5.89. The van der Waals surface area contributed by atoms with Gasteiger partial charge in [0, 0.05) is 26.7 Å². The van der Waals surface area contributed by atoms with Crippen LogP contribution in [-0.4, -0.2) is 43.1 Å². The second-order valence-corrected chi connectivity index (χ2v) is 3.99. The van der Waals surface area contributed by atoms with E-state index in [9.17, 15) is 18.0 Å². The molecule has 2 N–H and O–H groups in total. The van der Waals surface area contributed by atoms with Crippen molar-refractivity contribution in [2.75, 3.05) is 37.4 Å². The van der Waals surface area contributed by atoms with Gasteiger partial charge in [0.1, 0.15) is 5.82 Å². The number of carbonyl (C=O) groups is 1. The number of halogens is 3. The zero-order valence-electron chi connectivity index (χ0n) is 11.4. The summed E-state index contributed by atoms with van der Waals surface area (Å²) in [6.07, 6.45) is -4.57. The van der Waals surface area contributed by atoms with E-state index < -0.39 is 11.9 Å². The smallest absolute Gasteiger partial charge is 0.357 e. The van der Waals surface area contributed by atoms with Crippen LogP contribution in [0.1, 0.15) is 12.6 Å². The topological polar surface area (TPSA) is 70.2 Å². The maximum Gasteiger partial charge on any atom is 0.433 e. The Kier molecular flexibility index (Phi) is 5.12. The molecular weight excluding hydrogens is 275 g/mol. The fourth-order valence-corrected chi connectivity index (χ4v) is 1.44. The molecule has 0 aromatic carbocycles. The minimum Gasteiger partial charge on any atom is -0.357 e. The Balaban J connectivity index is 3.02. The SMILES string of the molecule is CCNC(=O)CN(C)c1cc(C(F)(F)F)nc(NC)n1. The molecular formula is C11H16F3N5O. The Morgan fingerprint density at radius 2 is 2.05 bits per heavy atom. The van der Waals surface area contributed by atoms with Crippen LogP contribution in [0, 0.1) is 0 Å². The summed E-state index contributed by atoms with van der Waals surface area (Å²) < 4.78 is 38.1. The second kappa shape index (κ2) is 6.40. The molecule has 1 aromatic rings. The van der Waals surface area contributed by atoms with Crippen LogP contribution in [0.3, 0.4) is 0 Å². The lowest BCUT2D eigenvalue weighted by atomic mass is 10.3. The first-order chi connectivity index (χ1) is 9.27. The van der Waals surface area contributed by atoms with Crippen molar-refractivity contribution < 1.29 is 18.0 Å². The van der Waals surface area contributed by atoms with Gasteiger partial charge in [-0.3, -0.25) is 4.79 Å². The van der Waals surface area contributed by atoms with Crippen molar-refractivity contribution in [1.29, 1.82) is 0 Å². The number of carbonyl (C=O) groups excluding carboxylic acids is 1. The largest absolute Gasteiger partial charge is 0.433 e. The highest BCUT2D eigenvalue weighted by Gasteiger charge is 2.34. The summed E-state index contributed by atoms with van der Waals surface area (Å²) in [5.41, 5.74) is -1.06. The van der Waals surface area contributed by atoms with Gasteiger partial charge >= 0.3 is 6.18 Å². The Morgan fingerprint density at radius 3 is 2.55 bits per heavy atom. The van der Waals surface area contributed by atoms with Gasteiger partial charge in [-0.05, 0) is 6.92 Å². The molecule has 1 rings (SSSR count). The first kappa shape index (κ1) is 16.0. The Labute approximate surface area is 114 Å². The van der Waals surface area contributed by atoms with Gasteiger partial charge in [-0.1, -0.05) is 0 Å². The van der Waals surface area contributed by atoms with Crippen molar-refractivity contribution in [3.63, 3.8) is 0 Å².